The van der Waals surface area contributed by atoms with Crippen LogP contribution in [0, 0.1) is 0 Å². The molecule has 1 aliphatic heterocycles. The van der Waals surface area contributed by atoms with E-state index >= 15 is 0 Å². The summed E-state index contributed by atoms with van der Waals surface area (Å²) in [6.45, 7) is 2.85. The van der Waals surface area contributed by atoms with Gasteiger partial charge in [0.2, 0.25) is 0 Å². The highest BCUT2D eigenvalue weighted by Crippen LogP contribution is 2.31. The minimum atomic E-state index is -3.70. The van der Waals surface area contributed by atoms with E-state index in [0.29, 0.717) is 11.4 Å². The summed E-state index contributed by atoms with van der Waals surface area (Å²) in [5, 5.41) is 3.53. The van der Waals surface area contributed by atoms with Gasteiger partial charge in [-0.3, -0.25) is 4.72 Å². The summed E-state index contributed by atoms with van der Waals surface area (Å²) in [6, 6.07) is 22.1. The van der Waals surface area contributed by atoms with E-state index in [0.717, 1.165) is 30.7 Å². The quantitative estimate of drug-likeness (QED) is 0.438. The van der Waals surface area contributed by atoms with Crippen LogP contribution in [0.5, 0.6) is 5.75 Å². The van der Waals surface area contributed by atoms with Crippen LogP contribution < -0.4 is 20.5 Å². The lowest BCUT2D eigenvalue weighted by Gasteiger charge is -2.28. The molecule has 6 nitrogen and oxygen atoms in total. The van der Waals surface area contributed by atoms with Crippen molar-refractivity contribution >= 4 is 33.8 Å². The molecule has 32 heavy (non-hydrogen) atoms. The first-order valence-electron chi connectivity index (χ1n) is 10.4. The molecule has 1 heterocycles. The Labute approximate surface area is 195 Å². The number of sulfonamides is 1. The third kappa shape index (κ3) is 5.73. The van der Waals surface area contributed by atoms with Gasteiger partial charge in [-0.25, -0.2) is 8.42 Å². The van der Waals surface area contributed by atoms with Gasteiger partial charge >= 0.3 is 0 Å². The first-order valence-corrected chi connectivity index (χ1v) is 11.9. The van der Waals surface area contributed by atoms with E-state index < -0.39 is 10.0 Å². The summed E-state index contributed by atoms with van der Waals surface area (Å²) in [7, 11) is -3.70. The predicted molar refractivity (Wildman–Crippen MR) is 131 cm³/mol. The minimum Gasteiger partial charge on any atom is -0.489 e. The number of nitrogens with one attached hydrogen (secondary N) is 2. The van der Waals surface area contributed by atoms with Crippen LogP contribution >= 0.6 is 12.4 Å². The van der Waals surface area contributed by atoms with Crippen LogP contribution in [0.2, 0.25) is 0 Å². The fourth-order valence-electron chi connectivity index (χ4n) is 3.66. The number of hydrogen-bond donors (Lipinski definition) is 3. The number of hydrogen-bond acceptors (Lipinski definition) is 5. The molecule has 0 aromatic heterocycles. The maximum Gasteiger partial charge on any atom is 0.261 e. The fourth-order valence-corrected chi connectivity index (χ4v) is 4.71. The van der Waals surface area contributed by atoms with Crippen LogP contribution in [-0.4, -0.2) is 21.1 Å². The molecule has 0 fully saturated rings. The molecule has 0 saturated carbocycles. The average Bonchev–Trinajstić information content (AvgIpc) is 2.78. The van der Waals surface area contributed by atoms with Crippen LogP contribution in [0.15, 0.2) is 77.7 Å². The van der Waals surface area contributed by atoms with Gasteiger partial charge < -0.3 is 15.8 Å². The van der Waals surface area contributed by atoms with Crippen LogP contribution in [-0.2, 0) is 16.4 Å². The number of nitrogen functional groups attached to an aromatic ring is 1. The number of fused-ring (bicyclic) bond motifs is 1. The van der Waals surface area contributed by atoms with E-state index in [1.165, 1.54) is 17.7 Å². The van der Waals surface area contributed by atoms with Crippen LogP contribution in [0.25, 0.3) is 0 Å². The maximum atomic E-state index is 12.7. The van der Waals surface area contributed by atoms with Crippen molar-refractivity contribution in [2.24, 2.45) is 0 Å². The fraction of sp³-hybridized carbons (Fsp3) is 0.250. The van der Waals surface area contributed by atoms with Crippen molar-refractivity contribution in [3.8, 4) is 5.75 Å². The third-order valence-corrected chi connectivity index (χ3v) is 6.89. The van der Waals surface area contributed by atoms with Gasteiger partial charge in [0.15, 0.2) is 0 Å². The number of halogens is 1. The Balaban J connectivity index is 0.00000289. The minimum absolute atomic E-state index is 0. The predicted octanol–water partition coefficient (Wildman–Crippen LogP) is 4.54. The molecule has 0 unspecified atom stereocenters. The zero-order chi connectivity index (χ0) is 21.8. The summed E-state index contributed by atoms with van der Waals surface area (Å²) < 4.78 is 34.1. The van der Waals surface area contributed by atoms with Gasteiger partial charge in [0.05, 0.1) is 10.6 Å². The lowest BCUT2D eigenvalue weighted by molar-refractivity contribution is 0.167. The average molecular weight is 474 g/mol. The Bertz CT molecular complexity index is 1140. The second kappa shape index (κ2) is 10.3. The number of anilines is 2. The largest absolute Gasteiger partial charge is 0.489 e. The van der Waals surface area contributed by atoms with E-state index in [-0.39, 0.29) is 29.4 Å². The second-order valence-corrected chi connectivity index (χ2v) is 9.50. The molecule has 0 saturated heterocycles. The number of aryl methyl sites for hydroxylation is 1. The summed E-state index contributed by atoms with van der Waals surface area (Å²) >= 11 is 0. The SMILES string of the molecule is C[C@@H](NC[C@@H]1CCc2ccc(NS(=O)(=O)c3ccc(N)cc3)cc2O1)c1ccccc1.Cl. The molecule has 0 amide bonds. The smallest absolute Gasteiger partial charge is 0.261 e. The Hall–Kier alpha value is -2.74. The molecule has 4 N–H and O–H groups in total. The Kier molecular flexibility index (Phi) is 7.66. The summed E-state index contributed by atoms with van der Waals surface area (Å²) in [5.74, 6) is 0.725. The van der Waals surface area contributed by atoms with Gasteiger partial charge in [0.1, 0.15) is 11.9 Å². The molecule has 0 radical (unpaired) electrons. The lowest BCUT2D eigenvalue weighted by atomic mass is 10.0. The van der Waals surface area contributed by atoms with Gasteiger partial charge in [0, 0.05) is 24.3 Å². The first kappa shape index (κ1) is 23.9. The number of benzene rings is 3. The van der Waals surface area contributed by atoms with Crippen LogP contribution in [0.3, 0.4) is 0 Å². The zero-order valence-electron chi connectivity index (χ0n) is 17.8. The van der Waals surface area contributed by atoms with Crippen molar-refractivity contribution in [1.29, 1.82) is 0 Å². The molecule has 4 rings (SSSR count). The van der Waals surface area contributed by atoms with Crippen molar-refractivity contribution < 1.29 is 13.2 Å². The van der Waals surface area contributed by atoms with Gasteiger partial charge in [-0.2, -0.15) is 0 Å². The molecule has 0 bridgehead atoms. The highest BCUT2D eigenvalue weighted by Gasteiger charge is 2.22. The van der Waals surface area contributed by atoms with Gasteiger partial charge in [0.25, 0.3) is 10.0 Å². The van der Waals surface area contributed by atoms with Crippen molar-refractivity contribution in [2.75, 3.05) is 17.0 Å². The number of nitrogens with two attached hydrogens (primary N) is 1. The van der Waals surface area contributed by atoms with E-state index in [4.69, 9.17) is 10.5 Å². The molecule has 2 atom stereocenters. The van der Waals surface area contributed by atoms with Crippen molar-refractivity contribution in [3.05, 3.63) is 83.9 Å². The molecular weight excluding hydrogens is 446 g/mol. The van der Waals surface area contributed by atoms with Crippen LogP contribution in [0.4, 0.5) is 11.4 Å². The molecule has 1 aliphatic rings. The Morgan fingerprint density at radius 3 is 2.50 bits per heavy atom. The molecule has 3 aromatic rings. The second-order valence-electron chi connectivity index (χ2n) is 7.82. The third-order valence-electron chi connectivity index (χ3n) is 5.49. The monoisotopic (exact) mass is 473 g/mol. The van der Waals surface area contributed by atoms with Crippen molar-refractivity contribution in [3.63, 3.8) is 0 Å². The maximum absolute atomic E-state index is 12.7. The van der Waals surface area contributed by atoms with E-state index in [1.807, 2.05) is 24.3 Å². The zero-order valence-corrected chi connectivity index (χ0v) is 19.5. The molecular formula is C24H28ClN3O3S. The van der Waals surface area contributed by atoms with Crippen molar-refractivity contribution in [1.82, 2.24) is 5.32 Å². The van der Waals surface area contributed by atoms with E-state index in [9.17, 15) is 8.42 Å². The first-order chi connectivity index (χ1) is 14.9. The van der Waals surface area contributed by atoms with Crippen LogP contribution in [0.1, 0.15) is 30.5 Å². The van der Waals surface area contributed by atoms with E-state index in [2.05, 4.69) is 29.1 Å². The topological polar surface area (TPSA) is 93.5 Å². The van der Waals surface area contributed by atoms with Gasteiger partial charge in [-0.15, -0.1) is 12.4 Å². The molecule has 0 spiro atoms. The number of rotatable bonds is 7. The molecule has 170 valence electrons. The summed E-state index contributed by atoms with van der Waals surface area (Å²) in [5.41, 5.74) is 8.96. The molecule has 8 heteroatoms. The van der Waals surface area contributed by atoms with Crippen molar-refractivity contribution in [2.45, 2.75) is 36.8 Å². The van der Waals surface area contributed by atoms with Gasteiger partial charge in [-0.05, 0) is 61.2 Å². The Morgan fingerprint density at radius 2 is 1.78 bits per heavy atom. The summed E-state index contributed by atoms with van der Waals surface area (Å²) in [6.07, 6.45) is 1.84. The van der Waals surface area contributed by atoms with E-state index in [1.54, 1.807) is 24.3 Å². The Morgan fingerprint density at radius 1 is 1.06 bits per heavy atom. The normalized spacial score (nSPS) is 16.2. The highest BCUT2D eigenvalue weighted by atomic mass is 35.5. The lowest BCUT2D eigenvalue weighted by Crippen LogP contribution is -2.35. The standard InChI is InChI=1S/C24H27N3O3S.ClH/c1-17(18-5-3-2-4-6-18)26-16-22-12-8-19-7-11-21(15-24(19)30-22)27-31(28,29)23-13-9-20(25)10-14-23;/h2-7,9-11,13-15,17,22,26-27H,8,12,16,25H2,1H3;1H/t17-,22+;/m1./s1. The summed E-state index contributed by atoms with van der Waals surface area (Å²) in [4.78, 5) is 0.164. The number of ether oxygens (including phenoxy) is 1. The van der Waals surface area contributed by atoms with Gasteiger partial charge in [-0.1, -0.05) is 36.4 Å². The molecule has 3 aromatic carbocycles. The highest BCUT2D eigenvalue weighted by molar-refractivity contribution is 7.92. The molecule has 0 aliphatic carbocycles.